The van der Waals surface area contributed by atoms with E-state index in [1.807, 2.05) is 0 Å². The Morgan fingerprint density at radius 1 is 1.60 bits per heavy atom. The number of nitriles is 1. The molecule has 1 aromatic rings. The van der Waals surface area contributed by atoms with Crippen molar-refractivity contribution in [2.45, 2.75) is 0 Å². The number of rotatable bonds is 2. The predicted molar refractivity (Wildman–Crippen MR) is 58.6 cm³/mol. The molecule has 0 spiro atoms. The van der Waals surface area contributed by atoms with Crippen LogP contribution in [-0.2, 0) is 4.79 Å². The quantitative estimate of drug-likeness (QED) is 0.629. The fourth-order valence-corrected chi connectivity index (χ4v) is 1.33. The average Bonchev–Trinajstić information content (AvgIpc) is 2.18. The summed E-state index contributed by atoms with van der Waals surface area (Å²) in [6, 6.07) is 6.33. The molecule has 0 aromatic heterocycles. The van der Waals surface area contributed by atoms with Gasteiger partial charge in [0.2, 0.25) is 0 Å². The highest BCUT2D eigenvalue weighted by Gasteiger charge is 2.06. The average molecular weight is 267 g/mol. The number of carbonyl (C=O) groups is 1. The number of hydrogen-bond acceptors (Lipinski definition) is 3. The first-order valence-electron chi connectivity index (χ1n) is 3.94. The lowest BCUT2D eigenvalue weighted by atomic mass is 10.1. The van der Waals surface area contributed by atoms with Gasteiger partial charge in [-0.3, -0.25) is 4.79 Å². The molecule has 1 amide bonds. The lowest BCUT2D eigenvalue weighted by molar-refractivity contribution is -0.114. The molecule has 0 aliphatic carbocycles. The lowest BCUT2D eigenvalue weighted by Crippen LogP contribution is -2.12. The minimum atomic E-state index is -0.822. The SMILES string of the molecule is N#C/C(=C\c1cc(Br)ccc1O)C(N)=O. The Hall–Kier alpha value is -1.80. The minimum Gasteiger partial charge on any atom is -0.507 e. The van der Waals surface area contributed by atoms with Crippen molar-refractivity contribution in [2.24, 2.45) is 5.73 Å². The van der Waals surface area contributed by atoms with E-state index < -0.39 is 5.91 Å². The van der Waals surface area contributed by atoms with Crippen LogP contribution in [0.25, 0.3) is 6.08 Å². The normalized spacial score (nSPS) is 10.8. The Bertz CT molecular complexity index is 475. The standard InChI is InChI=1S/C10H7BrN2O2/c11-8-1-2-9(14)6(4-8)3-7(5-12)10(13)15/h1-4,14H,(H2,13,15)/b7-3+. The number of phenols is 1. The summed E-state index contributed by atoms with van der Waals surface area (Å²) >= 11 is 3.21. The molecule has 0 atom stereocenters. The molecule has 0 saturated carbocycles. The zero-order valence-electron chi connectivity index (χ0n) is 7.57. The number of amides is 1. The zero-order valence-corrected chi connectivity index (χ0v) is 9.15. The number of nitrogens with two attached hydrogens (primary N) is 1. The van der Waals surface area contributed by atoms with Crippen molar-refractivity contribution in [1.82, 2.24) is 0 Å². The van der Waals surface area contributed by atoms with Crippen LogP contribution in [0.15, 0.2) is 28.2 Å². The minimum absolute atomic E-state index is 0.0211. The second kappa shape index (κ2) is 4.62. The summed E-state index contributed by atoms with van der Waals surface area (Å²) in [4.78, 5) is 10.8. The lowest BCUT2D eigenvalue weighted by Gasteiger charge is -2.00. The van der Waals surface area contributed by atoms with Crippen LogP contribution in [0.1, 0.15) is 5.56 Å². The Morgan fingerprint density at radius 3 is 2.80 bits per heavy atom. The molecule has 0 radical (unpaired) electrons. The van der Waals surface area contributed by atoms with E-state index in [1.165, 1.54) is 12.1 Å². The van der Waals surface area contributed by atoms with E-state index >= 15 is 0 Å². The maximum atomic E-state index is 10.8. The number of hydrogen-bond donors (Lipinski definition) is 2. The molecule has 0 unspecified atom stereocenters. The Morgan fingerprint density at radius 2 is 2.27 bits per heavy atom. The van der Waals surface area contributed by atoms with Gasteiger partial charge in [0.25, 0.3) is 5.91 Å². The third-order valence-corrected chi connectivity index (χ3v) is 2.17. The van der Waals surface area contributed by atoms with Crippen LogP contribution < -0.4 is 5.73 Å². The maximum Gasteiger partial charge on any atom is 0.259 e. The highest BCUT2D eigenvalue weighted by Crippen LogP contribution is 2.23. The summed E-state index contributed by atoms with van der Waals surface area (Å²) in [6.45, 7) is 0. The monoisotopic (exact) mass is 266 g/mol. The van der Waals surface area contributed by atoms with E-state index in [4.69, 9.17) is 11.0 Å². The number of aromatic hydroxyl groups is 1. The van der Waals surface area contributed by atoms with E-state index in [0.717, 1.165) is 4.47 Å². The first kappa shape index (κ1) is 11.3. The highest BCUT2D eigenvalue weighted by atomic mass is 79.9. The van der Waals surface area contributed by atoms with E-state index in [9.17, 15) is 9.90 Å². The van der Waals surface area contributed by atoms with E-state index in [0.29, 0.717) is 5.56 Å². The van der Waals surface area contributed by atoms with Crippen molar-refractivity contribution in [3.05, 3.63) is 33.8 Å². The third kappa shape index (κ3) is 2.82. The van der Waals surface area contributed by atoms with E-state index in [2.05, 4.69) is 15.9 Å². The fraction of sp³-hybridized carbons (Fsp3) is 0. The number of primary amides is 1. The molecule has 0 bridgehead atoms. The van der Waals surface area contributed by atoms with Crippen molar-refractivity contribution in [3.63, 3.8) is 0 Å². The molecule has 0 aliphatic heterocycles. The largest absolute Gasteiger partial charge is 0.507 e. The van der Waals surface area contributed by atoms with Gasteiger partial charge >= 0.3 is 0 Å². The Balaban J connectivity index is 3.23. The number of benzene rings is 1. The van der Waals surface area contributed by atoms with Crippen molar-refractivity contribution < 1.29 is 9.90 Å². The fourth-order valence-electron chi connectivity index (χ4n) is 0.955. The Kier molecular flexibility index (Phi) is 3.47. The molecule has 0 fully saturated rings. The number of phenolic OH excluding ortho intramolecular Hbond substituents is 1. The molecular formula is C10H7BrN2O2. The van der Waals surface area contributed by atoms with E-state index in [1.54, 1.807) is 18.2 Å². The molecule has 0 saturated heterocycles. The molecule has 15 heavy (non-hydrogen) atoms. The van der Waals surface area contributed by atoms with Crippen LogP contribution in [0.2, 0.25) is 0 Å². The summed E-state index contributed by atoms with van der Waals surface area (Å²) in [5.74, 6) is -0.843. The van der Waals surface area contributed by atoms with Crippen LogP contribution in [0.3, 0.4) is 0 Å². The summed E-state index contributed by atoms with van der Waals surface area (Å²) in [5, 5.41) is 18.0. The van der Waals surface area contributed by atoms with Gasteiger partial charge in [-0.25, -0.2) is 0 Å². The molecule has 5 heteroatoms. The third-order valence-electron chi connectivity index (χ3n) is 1.68. The molecule has 0 heterocycles. The van der Waals surface area contributed by atoms with Crippen molar-refractivity contribution >= 4 is 27.9 Å². The number of nitrogens with zero attached hydrogens (tertiary/aromatic N) is 1. The van der Waals surface area contributed by atoms with Gasteiger partial charge < -0.3 is 10.8 Å². The number of halogens is 1. The van der Waals surface area contributed by atoms with Crippen LogP contribution in [-0.4, -0.2) is 11.0 Å². The number of carbonyl (C=O) groups excluding carboxylic acids is 1. The Labute approximate surface area is 94.8 Å². The summed E-state index contributed by atoms with van der Waals surface area (Å²) in [5.41, 5.74) is 5.12. The van der Waals surface area contributed by atoms with Crippen LogP contribution in [0.5, 0.6) is 5.75 Å². The first-order chi connectivity index (χ1) is 7.04. The van der Waals surface area contributed by atoms with Gasteiger partial charge in [0, 0.05) is 10.0 Å². The van der Waals surface area contributed by atoms with Crippen molar-refractivity contribution in [3.8, 4) is 11.8 Å². The molecule has 4 nitrogen and oxygen atoms in total. The topological polar surface area (TPSA) is 87.1 Å². The maximum absolute atomic E-state index is 10.8. The van der Waals surface area contributed by atoms with Gasteiger partial charge in [-0.2, -0.15) is 5.26 Å². The summed E-state index contributed by atoms with van der Waals surface area (Å²) < 4.78 is 0.730. The first-order valence-corrected chi connectivity index (χ1v) is 4.74. The van der Waals surface area contributed by atoms with Gasteiger partial charge in [0.1, 0.15) is 17.4 Å². The predicted octanol–water partition coefficient (Wildman–Crippen LogP) is 1.55. The van der Waals surface area contributed by atoms with Crippen LogP contribution in [0, 0.1) is 11.3 Å². The van der Waals surface area contributed by atoms with Crippen LogP contribution >= 0.6 is 15.9 Å². The molecule has 0 aliphatic rings. The molecule has 76 valence electrons. The smallest absolute Gasteiger partial charge is 0.259 e. The second-order valence-corrected chi connectivity index (χ2v) is 3.65. The summed E-state index contributed by atoms with van der Waals surface area (Å²) in [6.07, 6.45) is 1.24. The molecular weight excluding hydrogens is 260 g/mol. The molecule has 1 aromatic carbocycles. The summed E-state index contributed by atoms with van der Waals surface area (Å²) in [7, 11) is 0. The highest BCUT2D eigenvalue weighted by molar-refractivity contribution is 9.10. The van der Waals surface area contributed by atoms with Gasteiger partial charge in [-0.15, -0.1) is 0 Å². The van der Waals surface area contributed by atoms with E-state index in [-0.39, 0.29) is 11.3 Å². The van der Waals surface area contributed by atoms with Crippen molar-refractivity contribution in [1.29, 1.82) is 5.26 Å². The van der Waals surface area contributed by atoms with Crippen LogP contribution in [0.4, 0.5) is 0 Å². The molecule has 3 N–H and O–H groups in total. The van der Waals surface area contributed by atoms with Gasteiger partial charge in [-0.05, 0) is 24.3 Å². The second-order valence-electron chi connectivity index (χ2n) is 2.74. The van der Waals surface area contributed by atoms with Gasteiger partial charge in [-0.1, -0.05) is 15.9 Å². The van der Waals surface area contributed by atoms with Gasteiger partial charge in [0.15, 0.2) is 0 Å². The van der Waals surface area contributed by atoms with Gasteiger partial charge in [0.05, 0.1) is 0 Å². The van der Waals surface area contributed by atoms with Crippen molar-refractivity contribution in [2.75, 3.05) is 0 Å². The molecule has 1 rings (SSSR count). The zero-order chi connectivity index (χ0) is 11.4.